The number of ether oxygens (including phenoxy) is 1. The van der Waals surface area contributed by atoms with Crippen LogP contribution in [-0.4, -0.2) is 31.5 Å². The second kappa shape index (κ2) is 6.71. The first kappa shape index (κ1) is 16.2. The van der Waals surface area contributed by atoms with E-state index >= 15 is 0 Å². The fraction of sp³-hybridized carbons (Fsp3) is 0.533. The van der Waals surface area contributed by atoms with Crippen LogP contribution in [0.25, 0.3) is 0 Å². The molecule has 3 nitrogen and oxygen atoms in total. The van der Waals surface area contributed by atoms with E-state index in [0.717, 1.165) is 35.6 Å². The molecule has 2 atom stereocenters. The number of amidine groups is 1. The van der Waals surface area contributed by atoms with E-state index in [1.807, 2.05) is 25.1 Å². The minimum absolute atomic E-state index is 0. The van der Waals surface area contributed by atoms with Gasteiger partial charge in [0, 0.05) is 13.0 Å². The summed E-state index contributed by atoms with van der Waals surface area (Å²) < 4.78 is 31.2. The molecular formula is C15H19ClF2N2O. The number of hydrogen-bond donors (Lipinski definition) is 1. The standard InChI is InChI=1S/C15H18F2N2O.ClH/c1-9-3-2-4-11-12(9)7-10(8-13(16)17)20-14(11)15-18-5-6-19-15;/h2-4,10,13-14H,5-8H2,1H3,(H,18,19);1H/t10-,14?;/m1./s1. The molecule has 2 aliphatic heterocycles. The molecule has 0 radical (unpaired) electrons. The summed E-state index contributed by atoms with van der Waals surface area (Å²) in [5.41, 5.74) is 3.32. The van der Waals surface area contributed by atoms with Crippen molar-refractivity contribution >= 4 is 18.2 Å². The van der Waals surface area contributed by atoms with Crippen molar-refractivity contribution in [2.45, 2.75) is 38.4 Å². The molecule has 1 N–H and O–H groups in total. The van der Waals surface area contributed by atoms with Crippen LogP contribution >= 0.6 is 12.4 Å². The number of nitrogens with one attached hydrogen (secondary N) is 1. The van der Waals surface area contributed by atoms with E-state index in [1.165, 1.54) is 0 Å². The molecule has 0 bridgehead atoms. The van der Waals surface area contributed by atoms with Crippen molar-refractivity contribution in [1.82, 2.24) is 5.32 Å². The second-order valence-electron chi connectivity index (χ2n) is 5.31. The molecule has 6 heteroatoms. The van der Waals surface area contributed by atoms with Crippen LogP contribution in [-0.2, 0) is 11.2 Å². The van der Waals surface area contributed by atoms with Gasteiger partial charge >= 0.3 is 0 Å². The van der Waals surface area contributed by atoms with Crippen molar-refractivity contribution in [2.24, 2.45) is 4.99 Å². The Bertz CT molecular complexity index is 536. The van der Waals surface area contributed by atoms with E-state index in [1.54, 1.807) is 0 Å². The van der Waals surface area contributed by atoms with Crippen LogP contribution in [0.5, 0.6) is 0 Å². The normalized spacial score (nSPS) is 24.1. The van der Waals surface area contributed by atoms with Crippen molar-refractivity contribution in [2.75, 3.05) is 13.1 Å². The van der Waals surface area contributed by atoms with Crippen molar-refractivity contribution in [3.63, 3.8) is 0 Å². The zero-order chi connectivity index (χ0) is 14.1. The van der Waals surface area contributed by atoms with Gasteiger partial charge in [-0.3, -0.25) is 4.99 Å². The third-order valence-corrected chi connectivity index (χ3v) is 3.88. The van der Waals surface area contributed by atoms with Gasteiger partial charge in [-0.25, -0.2) is 8.78 Å². The molecule has 2 heterocycles. The zero-order valence-corrected chi connectivity index (χ0v) is 12.6. The third kappa shape index (κ3) is 3.35. The predicted octanol–water partition coefficient (Wildman–Crippen LogP) is 3.06. The Labute approximate surface area is 129 Å². The first-order valence-corrected chi connectivity index (χ1v) is 6.95. The minimum atomic E-state index is -2.34. The average Bonchev–Trinajstić information content (AvgIpc) is 2.92. The summed E-state index contributed by atoms with van der Waals surface area (Å²) in [5.74, 6) is 0.774. The maximum atomic E-state index is 12.7. The molecule has 1 aromatic rings. The van der Waals surface area contributed by atoms with Crippen LogP contribution in [0.2, 0.25) is 0 Å². The Morgan fingerprint density at radius 1 is 1.43 bits per heavy atom. The summed E-state index contributed by atoms with van der Waals surface area (Å²) in [5, 5.41) is 3.20. The highest BCUT2D eigenvalue weighted by Crippen LogP contribution is 2.35. The summed E-state index contributed by atoms with van der Waals surface area (Å²) in [6, 6.07) is 6.01. The number of hydrogen-bond acceptors (Lipinski definition) is 3. The Morgan fingerprint density at radius 2 is 2.24 bits per heavy atom. The number of aliphatic imine (C=N–C) groups is 1. The molecule has 0 amide bonds. The highest BCUT2D eigenvalue weighted by Gasteiger charge is 2.33. The molecule has 21 heavy (non-hydrogen) atoms. The van der Waals surface area contributed by atoms with Crippen LogP contribution in [0, 0.1) is 6.92 Å². The maximum Gasteiger partial charge on any atom is 0.241 e. The summed E-state index contributed by atoms with van der Waals surface area (Å²) >= 11 is 0. The van der Waals surface area contributed by atoms with Crippen LogP contribution in [0.3, 0.4) is 0 Å². The predicted molar refractivity (Wildman–Crippen MR) is 80.7 cm³/mol. The summed E-state index contributed by atoms with van der Waals surface area (Å²) in [6.07, 6.45) is -2.79. The highest BCUT2D eigenvalue weighted by molar-refractivity contribution is 5.89. The molecule has 0 spiro atoms. The van der Waals surface area contributed by atoms with E-state index < -0.39 is 12.5 Å². The first-order valence-electron chi connectivity index (χ1n) is 6.95. The summed E-state index contributed by atoms with van der Waals surface area (Å²) in [4.78, 5) is 4.39. The summed E-state index contributed by atoms with van der Waals surface area (Å²) in [6.45, 7) is 3.52. The van der Waals surface area contributed by atoms with E-state index in [0.29, 0.717) is 6.42 Å². The number of fused-ring (bicyclic) bond motifs is 1. The molecular weight excluding hydrogens is 298 g/mol. The van der Waals surface area contributed by atoms with Crippen molar-refractivity contribution < 1.29 is 13.5 Å². The van der Waals surface area contributed by atoms with Crippen molar-refractivity contribution in [1.29, 1.82) is 0 Å². The molecule has 0 saturated carbocycles. The SMILES string of the molecule is Cc1cccc2c1C[C@H](CC(F)F)OC2C1=NCCN1.Cl. The molecule has 0 saturated heterocycles. The lowest BCUT2D eigenvalue weighted by atomic mass is 9.89. The fourth-order valence-corrected chi connectivity index (χ4v) is 2.93. The number of rotatable bonds is 3. The van der Waals surface area contributed by atoms with E-state index in [9.17, 15) is 8.78 Å². The van der Waals surface area contributed by atoms with Gasteiger partial charge < -0.3 is 10.1 Å². The van der Waals surface area contributed by atoms with Crippen LogP contribution < -0.4 is 5.32 Å². The summed E-state index contributed by atoms with van der Waals surface area (Å²) in [7, 11) is 0. The van der Waals surface area contributed by atoms with Gasteiger partial charge in [0.15, 0.2) is 0 Å². The molecule has 2 aliphatic rings. The van der Waals surface area contributed by atoms with Crippen molar-refractivity contribution in [3.8, 4) is 0 Å². The largest absolute Gasteiger partial charge is 0.369 e. The van der Waals surface area contributed by atoms with Crippen LogP contribution in [0.1, 0.15) is 29.2 Å². The molecule has 1 aromatic carbocycles. The number of nitrogens with zero attached hydrogens (tertiary/aromatic N) is 1. The topological polar surface area (TPSA) is 33.6 Å². The van der Waals surface area contributed by atoms with Crippen molar-refractivity contribution in [3.05, 3.63) is 34.9 Å². The number of halogens is 3. The molecule has 3 rings (SSSR count). The van der Waals surface area contributed by atoms with Crippen LogP contribution in [0.4, 0.5) is 8.78 Å². The number of aryl methyl sites for hydroxylation is 1. The quantitative estimate of drug-likeness (QED) is 0.930. The average molecular weight is 317 g/mol. The number of alkyl halides is 2. The van der Waals surface area contributed by atoms with E-state index in [2.05, 4.69) is 10.3 Å². The maximum absolute atomic E-state index is 12.7. The molecule has 0 aromatic heterocycles. The number of benzene rings is 1. The van der Waals surface area contributed by atoms with Gasteiger partial charge in [-0.1, -0.05) is 18.2 Å². The third-order valence-electron chi connectivity index (χ3n) is 3.88. The Kier molecular flexibility index (Phi) is 5.17. The first-order chi connectivity index (χ1) is 9.65. The molecule has 0 aliphatic carbocycles. The Hall–Kier alpha value is -1.20. The fourth-order valence-electron chi connectivity index (χ4n) is 2.93. The van der Waals surface area contributed by atoms with Gasteiger partial charge in [-0.05, 0) is 30.0 Å². The lowest BCUT2D eigenvalue weighted by Crippen LogP contribution is -2.36. The van der Waals surface area contributed by atoms with Crippen LogP contribution in [0.15, 0.2) is 23.2 Å². The zero-order valence-electron chi connectivity index (χ0n) is 11.8. The Morgan fingerprint density at radius 3 is 2.90 bits per heavy atom. The second-order valence-corrected chi connectivity index (χ2v) is 5.31. The lowest BCUT2D eigenvalue weighted by Gasteiger charge is -2.33. The van der Waals surface area contributed by atoms with Gasteiger partial charge in [0.05, 0.1) is 12.6 Å². The minimum Gasteiger partial charge on any atom is -0.369 e. The Balaban J connectivity index is 0.00000161. The van der Waals surface area contributed by atoms with Gasteiger partial charge in [0.1, 0.15) is 11.9 Å². The van der Waals surface area contributed by atoms with E-state index in [-0.39, 0.29) is 24.9 Å². The van der Waals surface area contributed by atoms with E-state index in [4.69, 9.17) is 4.74 Å². The monoisotopic (exact) mass is 316 g/mol. The smallest absolute Gasteiger partial charge is 0.241 e. The van der Waals surface area contributed by atoms with Gasteiger partial charge in [0.25, 0.3) is 0 Å². The molecule has 1 unspecified atom stereocenters. The van der Waals surface area contributed by atoms with Gasteiger partial charge in [0.2, 0.25) is 6.43 Å². The van der Waals surface area contributed by atoms with Gasteiger partial charge in [-0.15, -0.1) is 12.4 Å². The lowest BCUT2D eigenvalue weighted by molar-refractivity contribution is -0.0276. The molecule has 0 fully saturated rings. The highest BCUT2D eigenvalue weighted by atomic mass is 35.5. The van der Waals surface area contributed by atoms with Gasteiger partial charge in [-0.2, -0.15) is 0 Å². The molecule has 116 valence electrons.